The summed E-state index contributed by atoms with van der Waals surface area (Å²) in [5, 5.41) is 5.53. The summed E-state index contributed by atoms with van der Waals surface area (Å²) < 4.78 is 5.31. The molecule has 0 radical (unpaired) electrons. The van der Waals surface area contributed by atoms with Crippen LogP contribution in [0.4, 0.5) is 4.79 Å². The Kier molecular flexibility index (Phi) is 8.90. The minimum absolute atomic E-state index is 0.297. The summed E-state index contributed by atoms with van der Waals surface area (Å²) in [6, 6.07) is 7.60. The van der Waals surface area contributed by atoms with E-state index in [4.69, 9.17) is 11.2 Å². The van der Waals surface area contributed by atoms with Crippen LogP contribution in [0.3, 0.4) is 0 Å². The Morgan fingerprint density at radius 3 is 2.06 bits per heavy atom. The molecule has 2 atom stereocenters. The molecule has 1 aromatic carbocycles. The first-order chi connectivity index (χ1) is 14.6. The van der Waals surface area contributed by atoms with E-state index < -0.39 is 41.1 Å². The van der Waals surface area contributed by atoms with Crippen LogP contribution < -0.4 is 10.6 Å². The topological polar surface area (TPSA) is 87.7 Å². The van der Waals surface area contributed by atoms with E-state index in [0.29, 0.717) is 5.56 Å². The zero-order valence-corrected chi connectivity index (χ0v) is 20.7. The second kappa shape index (κ2) is 10.5. The van der Waals surface area contributed by atoms with Crippen molar-refractivity contribution in [1.29, 1.82) is 0 Å². The lowest BCUT2D eigenvalue weighted by Crippen LogP contribution is -2.54. The Labute approximate surface area is 192 Å². The molecule has 0 fully saturated rings. The number of benzene rings is 1. The zero-order chi connectivity index (χ0) is 24.9. The molecule has 0 aliphatic heterocycles. The van der Waals surface area contributed by atoms with Gasteiger partial charge in [-0.1, -0.05) is 44.5 Å². The number of aryl methyl sites for hydroxylation is 1. The van der Waals surface area contributed by atoms with Crippen molar-refractivity contribution in [2.45, 2.75) is 85.5 Å². The average Bonchev–Trinajstić information content (AvgIpc) is 2.61. The van der Waals surface area contributed by atoms with Crippen LogP contribution >= 0.6 is 0 Å². The first kappa shape index (κ1) is 27.0. The summed E-state index contributed by atoms with van der Waals surface area (Å²) in [5.41, 5.74) is 0.167. The highest BCUT2D eigenvalue weighted by atomic mass is 16.6. The number of carbonyl (C=O) groups excluding carboxylic acids is 3. The fourth-order valence-corrected chi connectivity index (χ4v) is 3.09. The molecule has 0 aromatic heterocycles. The zero-order valence-electron chi connectivity index (χ0n) is 20.7. The summed E-state index contributed by atoms with van der Waals surface area (Å²) in [6.07, 6.45) is 5.04. The lowest BCUT2D eigenvalue weighted by atomic mass is 9.96. The van der Waals surface area contributed by atoms with Gasteiger partial charge in [0.2, 0.25) is 5.91 Å². The van der Waals surface area contributed by atoms with Crippen LogP contribution in [0, 0.1) is 25.3 Å². The fraction of sp³-hybridized carbons (Fsp3) is 0.560. The third kappa shape index (κ3) is 7.92. The van der Waals surface area contributed by atoms with Gasteiger partial charge in [0.05, 0.1) is 0 Å². The Hall–Kier alpha value is -3.01. The molecule has 2 N–H and O–H groups in total. The van der Waals surface area contributed by atoms with E-state index in [0.717, 1.165) is 10.5 Å². The Balaban J connectivity index is 3.40. The van der Waals surface area contributed by atoms with Crippen LogP contribution in [-0.4, -0.2) is 40.0 Å². The molecule has 7 nitrogen and oxygen atoms in total. The highest BCUT2D eigenvalue weighted by Gasteiger charge is 2.38. The fourth-order valence-electron chi connectivity index (χ4n) is 3.09. The number of hydrogen-bond acceptors (Lipinski definition) is 4. The van der Waals surface area contributed by atoms with E-state index in [-0.39, 0.29) is 5.92 Å². The molecule has 3 amide bonds. The van der Waals surface area contributed by atoms with E-state index in [1.807, 2.05) is 39.8 Å². The maximum absolute atomic E-state index is 13.5. The smallest absolute Gasteiger partial charge is 0.408 e. The Bertz CT molecular complexity index is 872. The normalized spacial score (nSPS) is 13.5. The van der Waals surface area contributed by atoms with E-state index in [2.05, 4.69) is 16.7 Å². The summed E-state index contributed by atoms with van der Waals surface area (Å²) >= 11 is 0. The van der Waals surface area contributed by atoms with E-state index >= 15 is 0 Å². The van der Waals surface area contributed by atoms with Gasteiger partial charge in [0, 0.05) is 11.6 Å². The molecule has 1 aromatic rings. The molecule has 0 heterocycles. The van der Waals surface area contributed by atoms with Gasteiger partial charge < -0.3 is 15.4 Å². The standard InChI is InChI=1S/C25H37N3O4/c1-11-28(22(30)19(16(2)3)26-23(31)32-25(8,9)10)20(21(29)27-24(5,6)7)18-15-13-12-14-17(18)4/h1,12-16,19-20H,2-10H3,(H,26,31)(H,27,29). The van der Waals surface area contributed by atoms with Crippen LogP contribution in [-0.2, 0) is 14.3 Å². The van der Waals surface area contributed by atoms with Crippen LogP contribution in [0.2, 0.25) is 0 Å². The maximum atomic E-state index is 13.5. The van der Waals surface area contributed by atoms with Crippen molar-refractivity contribution in [2.24, 2.45) is 5.92 Å². The molecule has 0 bridgehead atoms. The predicted octanol–water partition coefficient (Wildman–Crippen LogP) is 3.92. The largest absolute Gasteiger partial charge is 0.444 e. The average molecular weight is 444 g/mol. The van der Waals surface area contributed by atoms with Crippen molar-refractivity contribution in [3.05, 3.63) is 35.4 Å². The Morgan fingerprint density at radius 1 is 1.06 bits per heavy atom. The number of nitrogens with zero attached hydrogens (tertiary/aromatic N) is 1. The molecular formula is C25H37N3O4. The summed E-state index contributed by atoms with van der Waals surface area (Å²) in [4.78, 5) is 40.3. The minimum atomic E-state index is -1.06. The number of alkyl carbamates (subject to hydrolysis) is 1. The lowest BCUT2D eigenvalue weighted by Gasteiger charge is -2.34. The van der Waals surface area contributed by atoms with Crippen LogP contribution in [0.25, 0.3) is 0 Å². The molecule has 7 heteroatoms. The highest BCUT2D eigenvalue weighted by molar-refractivity contribution is 5.93. The summed E-state index contributed by atoms with van der Waals surface area (Å²) in [6.45, 7) is 16.2. The van der Waals surface area contributed by atoms with Crippen molar-refractivity contribution in [3.63, 3.8) is 0 Å². The first-order valence-electron chi connectivity index (χ1n) is 10.7. The molecule has 0 saturated heterocycles. The second-order valence-electron chi connectivity index (χ2n) is 10.2. The number of rotatable bonds is 6. The second-order valence-corrected chi connectivity index (χ2v) is 10.2. The van der Waals surface area contributed by atoms with Crippen molar-refractivity contribution < 1.29 is 19.1 Å². The molecule has 32 heavy (non-hydrogen) atoms. The third-order valence-corrected chi connectivity index (χ3v) is 4.47. The number of terminal acetylenes is 1. The molecule has 0 aliphatic carbocycles. The highest BCUT2D eigenvalue weighted by Crippen LogP contribution is 2.26. The predicted molar refractivity (Wildman–Crippen MR) is 125 cm³/mol. The molecule has 2 unspecified atom stereocenters. The van der Waals surface area contributed by atoms with Gasteiger partial charge in [0.25, 0.3) is 5.91 Å². The molecule has 1 rings (SSSR count). The van der Waals surface area contributed by atoms with E-state index in [1.54, 1.807) is 46.8 Å². The molecule has 0 spiro atoms. The van der Waals surface area contributed by atoms with Crippen molar-refractivity contribution in [3.8, 4) is 12.5 Å². The van der Waals surface area contributed by atoms with Crippen molar-refractivity contribution in [1.82, 2.24) is 15.5 Å². The molecule has 0 saturated carbocycles. The number of amides is 3. The number of ether oxygens (including phenoxy) is 1. The number of hydrogen-bond donors (Lipinski definition) is 2. The molecule has 0 aliphatic rings. The van der Waals surface area contributed by atoms with Crippen LogP contribution in [0.1, 0.15) is 72.6 Å². The summed E-state index contributed by atoms with van der Waals surface area (Å²) in [7, 11) is 0. The van der Waals surface area contributed by atoms with Gasteiger partial charge in [-0.3, -0.25) is 14.5 Å². The minimum Gasteiger partial charge on any atom is -0.444 e. The van der Waals surface area contributed by atoms with Crippen molar-refractivity contribution in [2.75, 3.05) is 0 Å². The molecular weight excluding hydrogens is 406 g/mol. The van der Waals surface area contributed by atoms with Gasteiger partial charge in [-0.2, -0.15) is 0 Å². The Morgan fingerprint density at radius 2 is 1.62 bits per heavy atom. The molecule has 176 valence electrons. The summed E-state index contributed by atoms with van der Waals surface area (Å²) in [5.74, 6) is -1.27. The van der Waals surface area contributed by atoms with Crippen LogP contribution in [0.5, 0.6) is 0 Å². The van der Waals surface area contributed by atoms with Crippen LogP contribution in [0.15, 0.2) is 24.3 Å². The monoisotopic (exact) mass is 443 g/mol. The van der Waals surface area contributed by atoms with Gasteiger partial charge in [0.15, 0.2) is 0 Å². The first-order valence-corrected chi connectivity index (χ1v) is 10.7. The third-order valence-electron chi connectivity index (χ3n) is 4.47. The van der Waals surface area contributed by atoms with E-state index in [9.17, 15) is 14.4 Å². The van der Waals surface area contributed by atoms with Gasteiger partial charge in [0.1, 0.15) is 17.7 Å². The van der Waals surface area contributed by atoms with Gasteiger partial charge in [-0.25, -0.2) is 4.79 Å². The quantitative estimate of drug-likeness (QED) is 0.515. The SMILES string of the molecule is C#CN(C(=O)C(NC(=O)OC(C)(C)C)C(C)C)C(C(=O)NC(C)(C)C)c1ccccc1C. The van der Waals surface area contributed by atoms with Crippen molar-refractivity contribution >= 4 is 17.9 Å². The number of nitrogens with one attached hydrogen (secondary N) is 2. The van der Waals surface area contributed by atoms with Gasteiger partial charge >= 0.3 is 6.09 Å². The van der Waals surface area contributed by atoms with Gasteiger partial charge in [-0.05, 0) is 65.5 Å². The number of carbonyl (C=O) groups is 3. The van der Waals surface area contributed by atoms with E-state index in [1.165, 1.54) is 0 Å². The van der Waals surface area contributed by atoms with Gasteiger partial charge in [-0.15, -0.1) is 0 Å². The maximum Gasteiger partial charge on any atom is 0.408 e. The lowest BCUT2D eigenvalue weighted by molar-refractivity contribution is -0.140.